The summed E-state index contributed by atoms with van der Waals surface area (Å²) >= 11 is 0. The van der Waals surface area contributed by atoms with Crippen molar-refractivity contribution in [2.24, 2.45) is 0 Å². The minimum absolute atomic E-state index is 0.0732. The van der Waals surface area contributed by atoms with E-state index in [1.165, 1.54) is 6.92 Å². The number of amides is 1. The zero-order chi connectivity index (χ0) is 13.1. The van der Waals surface area contributed by atoms with Crippen LogP contribution in [0, 0.1) is 0 Å². The van der Waals surface area contributed by atoms with E-state index in [-0.39, 0.29) is 12.5 Å². The van der Waals surface area contributed by atoms with E-state index in [2.05, 4.69) is 10.6 Å². The Labute approximate surface area is 99.7 Å². The molecule has 1 aliphatic heterocycles. The van der Waals surface area contributed by atoms with Crippen molar-refractivity contribution in [2.75, 3.05) is 19.6 Å². The summed E-state index contributed by atoms with van der Waals surface area (Å²) in [5, 5.41) is 23.8. The first-order valence-corrected chi connectivity index (χ1v) is 5.43. The Hall–Kier alpha value is -1.40. The number of carbonyl (C=O) groups is 2. The van der Waals surface area contributed by atoms with E-state index in [9.17, 15) is 14.7 Å². The summed E-state index contributed by atoms with van der Waals surface area (Å²) in [4.78, 5) is 22.1. The number of aliphatic hydroxyl groups is 1. The van der Waals surface area contributed by atoms with Crippen LogP contribution >= 0.6 is 0 Å². The fourth-order valence-corrected chi connectivity index (χ4v) is 1.47. The molecule has 0 aromatic heterocycles. The molecule has 0 aliphatic carbocycles. The molecule has 0 aromatic rings. The van der Waals surface area contributed by atoms with E-state index < -0.39 is 18.0 Å². The highest BCUT2D eigenvalue weighted by Crippen LogP contribution is 2.11. The summed E-state index contributed by atoms with van der Waals surface area (Å²) < 4.78 is 0. The second-order valence-corrected chi connectivity index (χ2v) is 4.58. The predicted octanol–water partition coefficient (Wildman–Crippen LogP) is -0.752. The van der Waals surface area contributed by atoms with E-state index >= 15 is 0 Å². The molecule has 1 saturated heterocycles. The van der Waals surface area contributed by atoms with E-state index in [0.717, 1.165) is 5.57 Å². The molecular weight excluding hydrogens is 224 g/mol. The van der Waals surface area contributed by atoms with Crippen LogP contribution in [0.1, 0.15) is 20.3 Å². The number of carbonyl (C=O) groups excluding carboxylic acids is 1. The molecule has 1 fully saturated rings. The monoisotopic (exact) mass is 242 g/mol. The van der Waals surface area contributed by atoms with Gasteiger partial charge in [-0.3, -0.25) is 9.59 Å². The van der Waals surface area contributed by atoms with Gasteiger partial charge in [-0.1, -0.05) is 0 Å². The third kappa shape index (κ3) is 4.16. The first-order chi connectivity index (χ1) is 7.82. The molecular formula is C11H18N2O4. The average molecular weight is 242 g/mol. The average Bonchev–Trinajstić information content (AvgIpc) is 2.09. The molecule has 4 N–H and O–H groups in total. The van der Waals surface area contributed by atoms with E-state index in [1.807, 2.05) is 0 Å². The number of hydrogen-bond donors (Lipinski definition) is 4. The van der Waals surface area contributed by atoms with Crippen molar-refractivity contribution in [3.63, 3.8) is 0 Å². The van der Waals surface area contributed by atoms with Crippen molar-refractivity contribution in [1.29, 1.82) is 0 Å². The molecule has 1 rings (SSSR count). The molecule has 1 aliphatic rings. The first kappa shape index (κ1) is 13.7. The molecule has 0 bridgehead atoms. The quantitative estimate of drug-likeness (QED) is 0.475. The molecule has 17 heavy (non-hydrogen) atoms. The maximum Gasteiger partial charge on any atom is 0.306 e. The zero-order valence-corrected chi connectivity index (χ0v) is 10.0. The Balaban J connectivity index is 2.45. The Morgan fingerprint density at radius 2 is 2.06 bits per heavy atom. The Kier molecular flexibility index (Phi) is 4.25. The third-order valence-electron chi connectivity index (χ3n) is 2.71. The van der Waals surface area contributed by atoms with Crippen molar-refractivity contribution >= 4 is 11.9 Å². The highest BCUT2D eigenvalue weighted by atomic mass is 16.4. The van der Waals surface area contributed by atoms with Gasteiger partial charge in [0.05, 0.1) is 12.0 Å². The number of nitrogens with one attached hydrogen (secondary N) is 2. The van der Waals surface area contributed by atoms with E-state index in [4.69, 9.17) is 5.11 Å². The van der Waals surface area contributed by atoms with Crippen LogP contribution in [0.4, 0.5) is 0 Å². The van der Waals surface area contributed by atoms with Crippen molar-refractivity contribution in [1.82, 2.24) is 10.6 Å². The van der Waals surface area contributed by atoms with Crippen molar-refractivity contribution in [2.45, 2.75) is 25.9 Å². The second kappa shape index (κ2) is 5.29. The fraction of sp³-hybridized carbons (Fsp3) is 0.636. The number of rotatable bonds is 5. The van der Waals surface area contributed by atoms with Gasteiger partial charge in [-0.15, -0.1) is 0 Å². The molecule has 6 nitrogen and oxygen atoms in total. The van der Waals surface area contributed by atoms with Gasteiger partial charge < -0.3 is 20.8 Å². The summed E-state index contributed by atoms with van der Waals surface area (Å²) in [6.07, 6.45) is -0.398. The number of carboxylic acid groups (broad SMARTS) is 1. The van der Waals surface area contributed by atoms with Gasteiger partial charge in [0, 0.05) is 25.2 Å². The van der Waals surface area contributed by atoms with Crippen molar-refractivity contribution in [3.05, 3.63) is 11.1 Å². The minimum atomic E-state index is -1.43. The lowest BCUT2D eigenvalue weighted by molar-refractivity contribution is -0.142. The highest BCUT2D eigenvalue weighted by molar-refractivity contribution is 5.94. The fourth-order valence-electron chi connectivity index (χ4n) is 1.47. The predicted molar refractivity (Wildman–Crippen MR) is 61.5 cm³/mol. The SMILES string of the molecule is CC(C(=O)NCC(C)(O)CC(=O)O)=C1CNC1. The molecule has 1 amide bonds. The molecule has 0 saturated carbocycles. The highest BCUT2D eigenvalue weighted by Gasteiger charge is 2.25. The van der Waals surface area contributed by atoms with Crippen LogP contribution in [0.3, 0.4) is 0 Å². The number of hydrogen-bond acceptors (Lipinski definition) is 4. The molecule has 1 unspecified atom stereocenters. The van der Waals surface area contributed by atoms with Gasteiger partial charge in [-0.05, 0) is 19.4 Å². The van der Waals surface area contributed by atoms with Crippen LogP contribution in [-0.2, 0) is 9.59 Å². The van der Waals surface area contributed by atoms with Crippen molar-refractivity contribution < 1.29 is 19.8 Å². The van der Waals surface area contributed by atoms with E-state index in [0.29, 0.717) is 18.7 Å². The third-order valence-corrected chi connectivity index (χ3v) is 2.71. The molecule has 1 heterocycles. The lowest BCUT2D eigenvalue weighted by Gasteiger charge is -2.24. The summed E-state index contributed by atoms with van der Waals surface area (Å²) in [5.41, 5.74) is 0.250. The molecule has 0 spiro atoms. The summed E-state index contributed by atoms with van der Waals surface area (Å²) in [7, 11) is 0. The lowest BCUT2D eigenvalue weighted by Crippen LogP contribution is -2.43. The van der Waals surface area contributed by atoms with Crippen LogP contribution < -0.4 is 10.6 Å². The maximum absolute atomic E-state index is 11.7. The first-order valence-electron chi connectivity index (χ1n) is 5.43. The van der Waals surface area contributed by atoms with E-state index in [1.54, 1.807) is 6.92 Å². The number of carboxylic acids is 1. The molecule has 1 atom stereocenters. The molecule has 6 heteroatoms. The van der Waals surface area contributed by atoms with Gasteiger partial charge in [0.15, 0.2) is 0 Å². The van der Waals surface area contributed by atoms with Gasteiger partial charge in [0.2, 0.25) is 5.91 Å². The zero-order valence-electron chi connectivity index (χ0n) is 10.0. The minimum Gasteiger partial charge on any atom is -0.481 e. The Bertz CT molecular complexity index is 354. The molecule has 0 aromatic carbocycles. The Morgan fingerprint density at radius 3 is 2.47 bits per heavy atom. The summed E-state index contributed by atoms with van der Waals surface area (Å²) in [6, 6.07) is 0. The van der Waals surface area contributed by atoms with Crippen LogP contribution in [0.15, 0.2) is 11.1 Å². The van der Waals surface area contributed by atoms with Gasteiger partial charge in [-0.2, -0.15) is 0 Å². The second-order valence-electron chi connectivity index (χ2n) is 4.58. The molecule has 0 radical (unpaired) electrons. The summed E-state index contributed by atoms with van der Waals surface area (Å²) in [6.45, 7) is 4.46. The Morgan fingerprint density at radius 1 is 1.47 bits per heavy atom. The van der Waals surface area contributed by atoms with Crippen LogP contribution in [0.5, 0.6) is 0 Å². The smallest absolute Gasteiger partial charge is 0.306 e. The van der Waals surface area contributed by atoms with Gasteiger partial charge in [-0.25, -0.2) is 0 Å². The normalized spacial score (nSPS) is 17.9. The summed E-state index contributed by atoms with van der Waals surface area (Å²) in [5.74, 6) is -1.35. The van der Waals surface area contributed by atoms with Crippen LogP contribution in [-0.4, -0.2) is 47.3 Å². The largest absolute Gasteiger partial charge is 0.481 e. The number of aliphatic carboxylic acids is 1. The van der Waals surface area contributed by atoms with Gasteiger partial charge in [0.1, 0.15) is 0 Å². The van der Waals surface area contributed by atoms with Gasteiger partial charge >= 0.3 is 5.97 Å². The lowest BCUT2D eigenvalue weighted by atomic mass is 10.0. The van der Waals surface area contributed by atoms with Crippen LogP contribution in [0.2, 0.25) is 0 Å². The topological polar surface area (TPSA) is 98.7 Å². The molecule has 96 valence electrons. The van der Waals surface area contributed by atoms with Crippen LogP contribution in [0.25, 0.3) is 0 Å². The maximum atomic E-state index is 11.7. The van der Waals surface area contributed by atoms with Gasteiger partial charge in [0.25, 0.3) is 0 Å². The standard InChI is InChI=1S/C11H18N2O4/c1-7(8-4-12-5-8)10(16)13-6-11(2,17)3-9(14)15/h12,17H,3-6H2,1-2H3,(H,13,16)(H,14,15). The van der Waals surface area contributed by atoms with Crippen molar-refractivity contribution in [3.8, 4) is 0 Å².